The molecule has 3 N–H and O–H groups in total. The van der Waals surface area contributed by atoms with E-state index < -0.39 is 65.9 Å². The molecular weight excluding hydrogens is 929 g/mol. The lowest BCUT2D eigenvalue weighted by Crippen LogP contribution is -2.61. The Morgan fingerprint density at radius 3 is 2.26 bits per heavy atom. The van der Waals surface area contributed by atoms with Crippen LogP contribution in [0.3, 0.4) is 0 Å². The summed E-state index contributed by atoms with van der Waals surface area (Å²) in [6.07, 6.45) is 15.0. The van der Waals surface area contributed by atoms with Gasteiger partial charge >= 0.3 is 5.97 Å². The van der Waals surface area contributed by atoms with E-state index in [4.69, 9.17) is 23.7 Å². The Hall–Kier alpha value is -4.02. The van der Waals surface area contributed by atoms with Crippen LogP contribution in [-0.4, -0.2) is 139 Å². The van der Waals surface area contributed by atoms with Crippen LogP contribution in [0.25, 0.3) is 0 Å². The van der Waals surface area contributed by atoms with E-state index in [9.17, 15) is 34.5 Å². The topological polar surface area (TPSA) is 182 Å². The molecular formula is C59H90N2O12. The van der Waals surface area contributed by atoms with Gasteiger partial charge in [0.25, 0.3) is 11.7 Å². The Bertz CT molecular complexity index is 2060. The molecule has 4 aliphatic rings. The molecule has 0 unspecified atom stereocenters. The third-order valence-electron chi connectivity index (χ3n) is 16.3. The summed E-state index contributed by atoms with van der Waals surface area (Å²) in [6.45, 7) is 14.7. The van der Waals surface area contributed by atoms with Gasteiger partial charge in [0.2, 0.25) is 5.79 Å². The van der Waals surface area contributed by atoms with Gasteiger partial charge in [-0.1, -0.05) is 94.8 Å². The maximum Gasteiger partial charge on any atom is 0.329 e. The minimum Gasteiger partial charge on any atom is -0.461 e. The fourth-order valence-electron chi connectivity index (χ4n) is 11.7. The van der Waals surface area contributed by atoms with Gasteiger partial charge in [0.1, 0.15) is 24.4 Å². The van der Waals surface area contributed by atoms with Crippen LogP contribution in [-0.2, 0) is 42.9 Å². The first-order valence-electron chi connectivity index (χ1n) is 27.2. The predicted octanol–water partition coefficient (Wildman–Crippen LogP) is 8.51. The van der Waals surface area contributed by atoms with Crippen molar-refractivity contribution in [1.29, 1.82) is 0 Å². The average molecular weight is 1020 g/mol. The van der Waals surface area contributed by atoms with E-state index in [1.807, 2.05) is 81.5 Å². The monoisotopic (exact) mass is 1020 g/mol. The molecule has 2 saturated heterocycles. The van der Waals surface area contributed by atoms with Gasteiger partial charge in [-0.05, 0) is 139 Å². The fourth-order valence-corrected chi connectivity index (χ4v) is 11.7. The zero-order chi connectivity index (χ0) is 53.4. The second-order valence-corrected chi connectivity index (χ2v) is 22.0. The molecule has 0 spiro atoms. The number of anilines is 1. The largest absolute Gasteiger partial charge is 0.461 e. The molecule has 73 heavy (non-hydrogen) atoms. The lowest BCUT2D eigenvalue weighted by Gasteiger charge is -2.44. The summed E-state index contributed by atoms with van der Waals surface area (Å²) in [7, 11) is 4.72. The minimum atomic E-state index is -2.42. The van der Waals surface area contributed by atoms with Crippen molar-refractivity contribution in [3.63, 3.8) is 0 Å². The first kappa shape index (κ1) is 59.9. The number of esters is 1. The normalized spacial score (nSPS) is 37.2. The minimum absolute atomic E-state index is 0.0434. The molecule has 3 aliphatic heterocycles. The SMILES string of the molecule is COCCN(c1ccccc1)[C@@H]1C[C@@H]2CC[C@@H](C)[C@@](O)(O2)C(=O)C(=O)N2CCCC[C@H]2C(=O)O[C@H]([C@H](C)C[C@H]2CC[C@@H](O)[C@H](OC)C2)CC[C@H](C)/C=C(\C)[C@@H](O)[C@@H](OC)C(=O)[C@H](C)C[C@H](C)/C=C/C=C/C=C/1C. The van der Waals surface area contributed by atoms with Crippen LogP contribution in [0.4, 0.5) is 5.69 Å². The summed E-state index contributed by atoms with van der Waals surface area (Å²) < 4.78 is 29.9. The van der Waals surface area contributed by atoms with Crippen molar-refractivity contribution in [3.05, 3.63) is 77.9 Å². The van der Waals surface area contributed by atoms with E-state index in [-0.39, 0.29) is 54.1 Å². The number of aliphatic hydroxyl groups is 3. The number of aliphatic hydroxyl groups excluding tert-OH is 2. The number of para-hydroxylation sites is 1. The molecule has 15 atom stereocenters. The van der Waals surface area contributed by atoms with Crippen LogP contribution in [0.15, 0.2) is 77.9 Å². The maximum atomic E-state index is 14.6. The molecule has 1 aliphatic carbocycles. The molecule has 1 amide bonds. The van der Waals surface area contributed by atoms with E-state index in [0.717, 1.165) is 17.7 Å². The summed E-state index contributed by atoms with van der Waals surface area (Å²) in [5, 5.41) is 34.5. The highest BCUT2D eigenvalue weighted by atomic mass is 16.6. The standard InChI is InChI=1S/C59H90N2O12/c1-38-19-13-11-14-20-40(3)49(60(31-32-69-8)46-21-15-12-16-22-46)37-47-27-25-44(7)59(68,73-47)56(65)57(66)61-30-18-17-23-48(61)58(67)72-51(41(4)35-45-26-28-50(62)52(36-45)70-9)29-24-39(2)34-43(6)54(64)55(71-10)53(63)42(5)33-38/h11-16,19-22,34,38-39,41-42,44-45,47-52,54-55,62,64,68H,17-18,23-33,35-37H2,1-10H3/b14-11+,19-13+,40-20+,43-34+/t38-,39+,41-,42-,44-,45-,47+,48+,49-,50-,51+,52-,54-,55+,59-/m1/s1. The number of nitrogens with zero attached hydrogens (tertiary/aromatic N) is 2. The smallest absolute Gasteiger partial charge is 0.329 e. The van der Waals surface area contributed by atoms with E-state index in [2.05, 4.69) is 24.8 Å². The number of methoxy groups -OCH3 is 3. The van der Waals surface area contributed by atoms with Gasteiger partial charge in [-0.25, -0.2) is 4.79 Å². The van der Waals surface area contributed by atoms with Crippen molar-refractivity contribution in [1.82, 2.24) is 4.90 Å². The quantitative estimate of drug-likeness (QED) is 0.115. The third-order valence-corrected chi connectivity index (χ3v) is 16.3. The van der Waals surface area contributed by atoms with Crippen molar-refractivity contribution in [2.75, 3.05) is 45.9 Å². The van der Waals surface area contributed by atoms with E-state index in [1.165, 1.54) is 12.0 Å². The van der Waals surface area contributed by atoms with E-state index in [0.29, 0.717) is 95.8 Å². The number of carbonyl (C=O) groups is 4. The molecule has 5 rings (SSSR count). The summed E-state index contributed by atoms with van der Waals surface area (Å²) in [4.78, 5) is 61.2. The van der Waals surface area contributed by atoms with Gasteiger partial charge in [-0.3, -0.25) is 14.4 Å². The molecule has 1 aromatic carbocycles. The number of Topliss-reactive ketones (excluding diaryl/α,β-unsaturated/α-hetero) is 2. The first-order valence-corrected chi connectivity index (χ1v) is 27.2. The van der Waals surface area contributed by atoms with Gasteiger partial charge in [0, 0.05) is 51.9 Å². The number of ketones is 2. The number of ether oxygens (including phenoxy) is 5. The molecule has 3 heterocycles. The Kier molecular flexibility index (Phi) is 23.6. The molecule has 2 bridgehead atoms. The number of piperidine rings is 1. The van der Waals surface area contributed by atoms with Crippen molar-refractivity contribution < 1.29 is 58.2 Å². The Labute approximate surface area is 436 Å². The predicted molar refractivity (Wildman–Crippen MR) is 283 cm³/mol. The molecule has 0 radical (unpaired) electrons. The summed E-state index contributed by atoms with van der Waals surface area (Å²) in [5.74, 6) is -6.25. The van der Waals surface area contributed by atoms with Gasteiger partial charge in [0.15, 0.2) is 5.78 Å². The Balaban J connectivity index is 1.52. The van der Waals surface area contributed by atoms with Gasteiger partial charge in [-0.15, -0.1) is 0 Å². The molecule has 0 aromatic heterocycles. The molecule has 1 saturated carbocycles. The number of hydrogen-bond donors (Lipinski definition) is 3. The highest BCUT2D eigenvalue weighted by Crippen LogP contribution is 2.39. The second-order valence-electron chi connectivity index (χ2n) is 22.0. The fraction of sp³-hybridized carbons (Fsp3) is 0.695. The molecule has 1 aromatic rings. The lowest BCUT2D eigenvalue weighted by atomic mass is 9.78. The van der Waals surface area contributed by atoms with E-state index in [1.54, 1.807) is 28.1 Å². The number of amides is 1. The number of hydrogen-bond acceptors (Lipinski definition) is 13. The maximum absolute atomic E-state index is 14.6. The summed E-state index contributed by atoms with van der Waals surface area (Å²) in [6, 6.07) is 8.68. The van der Waals surface area contributed by atoms with Crippen molar-refractivity contribution in [2.24, 2.45) is 35.5 Å². The van der Waals surface area contributed by atoms with Gasteiger partial charge in [0.05, 0.1) is 31.0 Å². The van der Waals surface area contributed by atoms with Crippen molar-refractivity contribution in [3.8, 4) is 0 Å². The lowest BCUT2D eigenvalue weighted by molar-refractivity contribution is -0.263. The number of benzene rings is 1. The number of allylic oxidation sites excluding steroid dienone is 6. The molecule has 408 valence electrons. The van der Waals surface area contributed by atoms with Crippen LogP contribution in [0.2, 0.25) is 0 Å². The van der Waals surface area contributed by atoms with Gasteiger partial charge in [-0.2, -0.15) is 0 Å². The van der Waals surface area contributed by atoms with Crippen LogP contribution >= 0.6 is 0 Å². The zero-order valence-electron chi connectivity index (χ0n) is 45.7. The highest BCUT2D eigenvalue weighted by Gasteiger charge is 2.53. The number of cyclic esters (lactones) is 1. The zero-order valence-corrected chi connectivity index (χ0v) is 45.7. The van der Waals surface area contributed by atoms with Crippen molar-refractivity contribution >= 4 is 29.1 Å². The number of carbonyl (C=O) groups excluding carboxylic acids is 4. The van der Waals surface area contributed by atoms with Gasteiger partial charge < -0.3 is 48.8 Å². The number of rotatable bonds is 10. The first-order chi connectivity index (χ1) is 34.8. The Morgan fingerprint density at radius 2 is 1.56 bits per heavy atom. The second kappa shape index (κ2) is 28.8. The van der Waals surface area contributed by atoms with Crippen LogP contribution in [0, 0.1) is 35.5 Å². The van der Waals surface area contributed by atoms with Crippen LogP contribution in [0.1, 0.15) is 132 Å². The summed E-state index contributed by atoms with van der Waals surface area (Å²) >= 11 is 0. The Morgan fingerprint density at radius 1 is 0.822 bits per heavy atom. The van der Waals surface area contributed by atoms with Crippen LogP contribution < -0.4 is 4.90 Å². The third kappa shape index (κ3) is 16.2. The molecule has 14 nitrogen and oxygen atoms in total. The summed E-state index contributed by atoms with van der Waals surface area (Å²) in [5.41, 5.74) is 2.57. The van der Waals surface area contributed by atoms with Crippen molar-refractivity contribution in [2.45, 2.75) is 186 Å². The highest BCUT2D eigenvalue weighted by molar-refractivity contribution is 6.39. The van der Waals surface area contributed by atoms with E-state index >= 15 is 0 Å². The number of fused-ring (bicyclic) bond motifs is 3. The molecule has 3 fully saturated rings. The average Bonchev–Trinajstić information content (AvgIpc) is 3.38. The molecule has 14 heteroatoms. The van der Waals surface area contributed by atoms with Crippen LogP contribution in [0.5, 0.6) is 0 Å².